The van der Waals surface area contributed by atoms with Crippen molar-refractivity contribution in [3.8, 4) is 12.0 Å². The zero-order valence-corrected chi connectivity index (χ0v) is 11.7. The monoisotopic (exact) mass is 266 g/mol. The maximum atomic E-state index is 5.58. The van der Waals surface area contributed by atoms with Crippen LogP contribution in [0, 0.1) is 5.92 Å². The highest BCUT2D eigenvalue weighted by atomic mass is 16.5. The van der Waals surface area contributed by atoms with Crippen molar-refractivity contribution in [3.05, 3.63) is 0 Å². The maximum absolute atomic E-state index is 5.58. The first-order chi connectivity index (χ1) is 9.31. The molecule has 19 heavy (non-hydrogen) atoms. The number of ether oxygens (including phenoxy) is 2. The van der Waals surface area contributed by atoms with E-state index in [-0.39, 0.29) is 0 Å². The van der Waals surface area contributed by atoms with Gasteiger partial charge in [-0.1, -0.05) is 19.8 Å². The molecule has 1 fully saturated rings. The van der Waals surface area contributed by atoms with Gasteiger partial charge in [0.1, 0.15) is 0 Å². The Morgan fingerprint density at radius 1 is 1.05 bits per heavy atom. The second-order valence-electron chi connectivity index (χ2n) is 4.68. The van der Waals surface area contributed by atoms with Gasteiger partial charge in [0.05, 0.1) is 13.2 Å². The zero-order valence-electron chi connectivity index (χ0n) is 11.7. The van der Waals surface area contributed by atoms with Gasteiger partial charge in [-0.05, 0) is 25.7 Å². The highest BCUT2D eigenvalue weighted by Crippen LogP contribution is 2.32. The van der Waals surface area contributed by atoms with Crippen LogP contribution in [0.25, 0.3) is 0 Å². The second kappa shape index (κ2) is 7.11. The van der Waals surface area contributed by atoms with Crippen molar-refractivity contribution in [2.24, 2.45) is 5.92 Å². The molecule has 6 heteroatoms. The molecule has 0 aromatic carbocycles. The summed E-state index contributed by atoms with van der Waals surface area (Å²) >= 11 is 0. The first kappa shape index (κ1) is 13.8. The number of hydrogen-bond acceptors (Lipinski definition) is 6. The molecule has 0 saturated heterocycles. The first-order valence-corrected chi connectivity index (χ1v) is 7.07. The van der Waals surface area contributed by atoms with Crippen molar-refractivity contribution in [1.82, 2.24) is 15.0 Å². The molecule has 1 aliphatic rings. The Balaban J connectivity index is 1.94. The van der Waals surface area contributed by atoms with Crippen LogP contribution in [0.15, 0.2) is 0 Å². The van der Waals surface area contributed by atoms with Crippen LogP contribution in [0.5, 0.6) is 12.0 Å². The van der Waals surface area contributed by atoms with Crippen LogP contribution in [0.4, 0.5) is 5.95 Å². The van der Waals surface area contributed by atoms with Gasteiger partial charge in [-0.2, -0.15) is 9.97 Å². The zero-order chi connectivity index (χ0) is 13.5. The number of nitrogens with one attached hydrogen (secondary N) is 1. The lowest BCUT2D eigenvalue weighted by molar-refractivity contribution is 0.256. The molecule has 0 bridgehead atoms. The molecule has 0 spiro atoms. The van der Waals surface area contributed by atoms with E-state index in [2.05, 4.69) is 20.3 Å². The van der Waals surface area contributed by atoms with Gasteiger partial charge in [0.15, 0.2) is 0 Å². The van der Waals surface area contributed by atoms with Gasteiger partial charge in [0.2, 0.25) is 5.95 Å². The highest BCUT2D eigenvalue weighted by molar-refractivity contribution is 5.27. The van der Waals surface area contributed by atoms with E-state index in [0.717, 1.165) is 25.3 Å². The lowest BCUT2D eigenvalue weighted by atomic mass is 10.3. The molecule has 0 radical (unpaired) electrons. The summed E-state index contributed by atoms with van der Waals surface area (Å²) in [5.41, 5.74) is 0. The van der Waals surface area contributed by atoms with Crippen LogP contribution in [0.3, 0.4) is 0 Å². The van der Waals surface area contributed by atoms with E-state index in [1.807, 2.05) is 13.8 Å². The Labute approximate surface area is 114 Å². The Kier molecular flexibility index (Phi) is 5.18. The van der Waals surface area contributed by atoms with Crippen molar-refractivity contribution >= 4 is 5.95 Å². The van der Waals surface area contributed by atoms with Crippen molar-refractivity contribution in [2.45, 2.75) is 39.5 Å². The van der Waals surface area contributed by atoms with Gasteiger partial charge in [0, 0.05) is 6.54 Å². The van der Waals surface area contributed by atoms with Crippen LogP contribution in [-0.2, 0) is 0 Å². The average molecular weight is 266 g/mol. The van der Waals surface area contributed by atoms with Crippen molar-refractivity contribution in [1.29, 1.82) is 0 Å². The SMILES string of the molecule is CCCOc1nc(NCC)nc(OCCC2CC2)n1. The molecule has 1 saturated carbocycles. The summed E-state index contributed by atoms with van der Waals surface area (Å²) in [7, 11) is 0. The Bertz CT molecular complexity index is 396. The van der Waals surface area contributed by atoms with E-state index >= 15 is 0 Å². The normalized spacial score (nSPS) is 14.2. The third kappa shape index (κ3) is 4.89. The number of hydrogen-bond donors (Lipinski definition) is 1. The topological polar surface area (TPSA) is 69.2 Å². The average Bonchev–Trinajstić information content (AvgIpc) is 3.21. The molecular weight excluding hydrogens is 244 g/mol. The molecule has 0 amide bonds. The molecule has 1 aromatic rings. The molecular formula is C13H22N4O2. The summed E-state index contributed by atoms with van der Waals surface area (Å²) in [5, 5.41) is 3.05. The number of anilines is 1. The lowest BCUT2D eigenvalue weighted by Gasteiger charge is -2.09. The molecule has 1 heterocycles. The van der Waals surface area contributed by atoms with Crippen LogP contribution in [0.2, 0.25) is 0 Å². The minimum absolute atomic E-state index is 0.328. The van der Waals surface area contributed by atoms with E-state index in [1.165, 1.54) is 12.8 Å². The van der Waals surface area contributed by atoms with E-state index in [4.69, 9.17) is 9.47 Å². The van der Waals surface area contributed by atoms with Crippen LogP contribution in [-0.4, -0.2) is 34.7 Å². The van der Waals surface area contributed by atoms with Gasteiger partial charge in [-0.25, -0.2) is 0 Å². The predicted octanol–water partition coefficient (Wildman–Crippen LogP) is 2.27. The minimum Gasteiger partial charge on any atom is -0.463 e. The van der Waals surface area contributed by atoms with Gasteiger partial charge in [-0.3, -0.25) is 0 Å². The molecule has 6 nitrogen and oxygen atoms in total. The van der Waals surface area contributed by atoms with Crippen LogP contribution < -0.4 is 14.8 Å². The molecule has 1 N–H and O–H groups in total. The van der Waals surface area contributed by atoms with Crippen molar-refractivity contribution in [3.63, 3.8) is 0 Å². The summed E-state index contributed by atoms with van der Waals surface area (Å²) in [5.74, 6) is 1.34. The summed E-state index contributed by atoms with van der Waals surface area (Å²) in [6.45, 7) is 6.03. The number of nitrogens with zero attached hydrogens (tertiary/aromatic N) is 3. The fourth-order valence-electron chi connectivity index (χ4n) is 1.62. The number of rotatable bonds is 9. The molecule has 0 unspecified atom stereocenters. The molecule has 1 aromatic heterocycles. The Morgan fingerprint density at radius 2 is 1.74 bits per heavy atom. The Morgan fingerprint density at radius 3 is 2.32 bits per heavy atom. The minimum atomic E-state index is 0.328. The molecule has 0 atom stereocenters. The summed E-state index contributed by atoms with van der Waals surface area (Å²) in [6, 6.07) is 0.673. The summed E-state index contributed by atoms with van der Waals surface area (Å²) in [4.78, 5) is 12.6. The van der Waals surface area contributed by atoms with Gasteiger partial charge in [-0.15, -0.1) is 4.98 Å². The molecule has 106 valence electrons. The van der Waals surface area contributed by atoms with Crippen molar-refractivity contribution in [2.75, 3.05) is 25.1 Å². The van der Waals surface area contributed by atoms with Gasteiger partial charge >= 0.3 is 12.0 Å². The fraction of sp³-hybridized carbons (Fsp3) is 0.769. The van der Waals surface area contributed by atoms with Crippen LogP contribution in [0.1, 0.15) is 39.5 Å². The highest BCUT2D eigenvalue weighted by Gasteiger charge is 2.21. The predicted molar refractivity (Wildman–Crippen MR) is 72.6 cm³/mol. The smallest absolute Gasteiger partial charge is 0.324 e. The number of aromatic nitrogens is 3. The van der Waals surface area contributed by atoms with E-state index < -0.39 is 0 Å². The molecule has 0 aliphatic heterocycles. The third-order valence-corrected chi connectivity index (χ3v) is 2.82. The maximum Gasteiger partial charge on any atom is 0.324 e. The van der Waals surface area contributed by atoms with Gasteiger partial charge in [0.25, 0.3) is 0 Å². The van der Waals surface area contributed by atoms with Crippen molar-refractivity contribution < 1.29 is 9.47 Å². The van der Waals surface area contributed by atoms with E-state index in [0.29, 0.717) is 31.2 Å². The standard InChI is InChI=1S/C13H22N4O2/c1-3-8-18-12-15-11(14-4-2)16-13(17-12)19-9-7-10-5-6-10/h10H,3-9H2,1-2H3,(H,14,15,16,17). The summed E-state index contributed by atoms with van der Waals surface area (Å²) < 4.78 is 11.0. The Hall–Kier alpha value is -1.59. The summed E-state index contributed by atoms with van der Waals surface area (Å²) in [6.07, 6.45) is 4.65. The van der Waals surface area contributed by atoms with E-state index in [9.17, 15) is 0 Å². The fourth-order valence-corrected chi connectivity index (χ4v) is 1.62. The van der Waals surface area contributed by atoms with E-state index in [1.54, 1.807) is 0 Å². The van der Waals surface area contributed by atoms with Crippen LogP contribution >= 0.6 is 0 Å². The second-order valence-corrected chi connectivity index (χ2v) is 4.68. The third-order valence-electron chi connectivity index (χ3n) is 2.82. The molecule has 2 rings (SSSR count). The molecule has 1 aliphatic carbocycles. The quantitative estimate of drug-likeness (QED) is 0.739. The largest absolute Gasteiger partial charge is 0.463 e. The first-order valence-electron chi connectivity index (χ1n) is 7.07. The lowest BCUT2D eigenvalue weighted by Crippen LogP contribution is -2.10. The van der Waals surface area contributed by atoms with Gasteiger partial charge < -0.3 is 14.8 Å².